The maximum absolute atomic E-state index is 13.7. The minimum atomic E-state index is -0.895. The molecule has 1 heterocycles. The summed E-state index contributed by atoms with van der Waals surface area (Å²) in [5.41, 5.74) is 0.443. The second-order valence-electron chi connectivity index (χ2n) is 8.53. The molecule has 0 bridgehead atoms. The molecule has 0 spiro atoms. The molecule has 2 N–H and O–H groups in total. The minimum Gasteiger partial charge on any atom is -0.493 e. The molecule has 1 aliphatic rings. The molecule has 0 saturated carbocycles. The van der Waals surface area contributed by atoms with E-state index < -0.39 is 29.6 Å². The zero-order chi connectivity index (χ0) is 28.6. The number of methoxy groups -OCH3 is 1. The fraction of sp³-hybridized carbons (Fsp3) is 0.172. The first kappa shape index (κ1) is 27.8. The summed E-state index contributed by atoms with van der Waals surface area (Å²) in [5.74, 6) is -1.66. The Balaban J connectivity index is 1.46. The van der Waals surface area contributed by atoms with Crippen molar-refractivity contribution < 1.29 is 37.8 Å². The number of anilines is 2. The molecule has 5 amide bonds. The summed E-state index contributed by atoms with van der Waals surface area (Å²) in [5, 5.41) is 4.59. The largest absolute Gasteiger partial charge is 0.493 e. The van der Waals surface area contributed by atoms with Crippen LogP contribution in [0.4, 0.5) is 20.6 Å². The first-order valence-corrected chi connectivity index (χ1v) is 12.3. The molecule has 0 unspecified atom stereocenters. The summed E-state index contributed by atoms with van der Waals surface area (Å²) in [6, 6.07) is 15.7. The van der Waals surface area contributed by atoms with Crippen molar-refractivity contribution in [3.05, 3.63) is 83.7 Å². The Morgan fingerprint density at radius 3 is 2.45 bits per heavy atom. The maximum atomic E-state index is 13.7. The number of nitrogens with one attached hydrogen (secondary N) is 2. The average Bonchev–Trinajstić information content (AvgIpc) is 2.95. The number of carbonyl (C=O) groups is 4. The molecule has 1 aliphatic heterocycles. The van der Waals surface area contributed by atoms with Gasteiger partial charge in [-0.05, 0) is 54.5 Å². The van der Waals surface area contributed by atoms with Gasteiger partial charge in [0, 0.05) is 6.07 Å². The molecule has 0 atom stereocenters. The quantitative estimate of drug-likeness (QED) is 0.286. The molecule has 1 saturated heterocycles. The van der Waals surface area contributed by atoms with E-state index in [1.54, 1.807) is 24.3 Å². The lowest BCUT2D eigenvalue weighted by molar-refractivity contribution is -0.122. The lowest BCUT2D eigenvalue weighted by Crippen LogP contribution is -2.54. The first-order valence-electron chi connectivity index (χ1n) is 12.3. The van der Waals surface area contributed by atoms with Crippen molar-refractivity contribution in [1.82, 2.24) is 5.32 Å². The van der Waals surface area contributed by atoms with E-state index in [4.69, 9.17) is 14.2 Å². The topological polar surface area (TPSA) is 123 Å². The number of hydrogen-bond acceptors (Lipinski definition) is 7. The summed E-state index contributed by atoms with van der Waals surface area (Å²) < 4.78 is 30.1. The van der Waals surface area contributed by atoms with E-state index in [0.717, 1.165) is 11.3 Å². The van der Waals surface area contributed by atoms with Crippen molar-refractivity contribution in [1.29, 1.82) is 0 Å². The monoisotopic (exact) mass is 547 g/mol. The van der Waals surface area contributed by atoms with Gasteiger partial charge in [0.05, 0.1) is 25.1 Å². The van der Waals surface area contributed by atoms with Crippen LogP contribution in [0.15, 0.2) is 72.3 Å². The molecule has 0 aliphatic carbocycles. The van der Waals surface area contributed by atoms with Crippen LogP contribution < -0.4 is 29.7 Å². The summed E-state index contributed by atoms with van der Waals surface area (Å²) >= 11 is 0. The number of halogens is 1. The number of amides is 5. The van der Waals surface area contributed by atoms with Gasteiger partial charge in [0.15, 0.2) is 18.1 Å². The second kappa shape index (κ2) is 12.6. The Labute approximate surface area is 229 Å². The smallest absolute Gasteiger partial charge is 0.335 e. The van der Waals surface area contributed by atoms with Gasteiger partial charge in [-0.1, -0.05) is 31.2 Å². The Kier molecular flexibility index (Phi) is 8.75. The number of hydrogen-bond donors (Lipinski definition) is 2. The molecule has 206 valence electrons. The average molecular weight is 548 g/mol. The Hall–Kier alpha value is -5.19. The lowest BCUT2D eigenvalue weighted by atomic mass is 10.1. The number of benzene rings is 3. The van der Waals surface area contributed by atoms with Crippen LogP contribution in [0, 0.1) is 5.82 Å². The number of rotatable bonds is 10. The molecule has 1 fully saturated rings. The van der Waals surface area contributed by atoms with Gasteiger partial charge >= 0.3 is 6.03 Å². The Morgan fingerprint density at radius 1 is 1.00 bits per heavy atom. The number of para-hydroxylation sites is 1. The third-order valence-electron chi connectivity index (χ3n) is 5.68. The normalized spacial score (nSPS) is 14.1. The van der Waals surface area contributed by atoms with Gasteiger partial charge in [-0.2, -0.15) is 0 Å². The zero-order valence-corrected chi connectivity index (χ0v) is 21.7. The predicted molar refractivity (Wildman–Crippen MR) is 145 cm³/mol. The van der Waals surface area contributed by atoms with Crippen molar-refractivity contribution >= 4 is 41.2 Å². The van der Waals surface area contributed by atoms with Crippen molar-refractivity contribution in [3.8, 4) is 17.2 Å². The highest BCUT2D eigenvalue weighted by Gasteiger charge is 2.37. The van der Waals surface area contributed by atoms with E-state index in [0.29, 0.717) is 29.4 Å². The highest BCUT2D eigenvalue weighted by molar-refractivity contribution is 6.39. The molecule has 3 aromatic rings. The van der Waals surface area contributed by atoms with Gasteiger partial charge in [0.2, 0.25) is 0 Å². The molecular formula is C29H26FN3O7. The highest BCUT2D eigenvalue weighted by Crippen LogP contribution is 2.33. The molecule has 0 radical (unpaired) electrons. The van der Waals surface area contributed by atoms with Crippen molar-refractivity contribution in [2.24, 2.45) is 0 Å². The first-order chi connectivity index (χ1) is 19.3. The molecule has 4 rings (SSSR count). The van der Waals surface area contributed by atoms with E-state index >= 15 is 0 Å². The van der Waals surface area contributed by atoms with E-state index in [1.165, 1.54) is 55.7 Å². The van der Waals surface area contributed by atoms with Crippen LogP contribution in [0.5, 0.6) is 17.2 Å². The van der Waals surface area contributed by atoms with Crippen molar-refractivity contribution in [3.63, 3.8) is 0 Å². The van der Waals surface area contributed by atoms with Gasteiger partial charge in [-0.15, -0.1) is 0 Å². The molecule has 0 aromatic heterocycles. The summed E-state index contributed by atoms with van der Waals surface area (Å²) in [4.78, 5) is 51.3. The van der Waals surface area contributed by atoms with Crippen LogP contribution in [0.2, 0.25) is 0 Å². The van der Waals surface area contributed by atoms with Crippen LogP contribution in [0.3, 0.4) is 0 Å². The molecule has 3 aromatic carbocycles. The maximum Gasteiger partial charge on any atom is 0.335 e. The van der Waals surface area contributed by atoms with E-state index in [2.05, 4.69) is 10.6 Å². The highest BCUT2D eigenvalue weighted by atomic mass is 19.1. The van der Waals surface area contributed by atoms with Crippen LogP contribution in [0.25, 0.3) is 6.08 Å². The van der Waals surface area contributed by atoms with Crippen LogP contribution in [-0.2, 0) is 14.4 Å². The van der Waals surface area contributed by atoms with E-state index in [9.17, 15) is 23.6 Å². The van der Waals surface area contributed by atoms with Gasteiger partial charge in [0.1, 0.15) is 17.1 Å². The SMILES string of the molecule is CCCOc1ccc(N2C(=O)NC(=O)/C(=C/c3ccc(OCC(=O)Nc4ccccc4F)cc3)C2=O)cc1OC. The number of ether oxygens (including phenoxy) is 3. The predicted octanol–water partition coefficient (Wildman–Crippen LogP) is 4.31. The molecule has 40 heavy (non-hydrogen) atoms. The number of imide groups is 2. The number of urea groups is 1. The number of barbiturate groups is 1. The zero-order valence-electron chi connectivity index (χ0n) is 21.7. The van der Waals surface area contributed by atoms with Crippen LogP contribution in [0.1, 0.15) is 18.9 Å². The number of nitrogens with zero attached hydrogens (tertiary/aromatic N) is 1. The third-order valence-corrected chi connectivity index (χ3v) is 5.68. The van der Waals surface area contributed by atoms with Crippen LogP contribution >= 0.6 is 0 Å². The van der Waals surface area contributed by atoms with E-state index in [1.807, 2.05) is 6.92 Å². The summed E-state index contributed by atoms with van der Waals surface area (Å²) in [6.07, 6.45) is 2.12. The Morgan fingerprint density at radius 2 is 1.75 bits per heavy atom. The molecular weight excluding hydrogens is 521 g/mol. The van der Waals surface area contributed by atoms with Crippen LogP contribution in [-0.4, -0.2) is 44.1 Å². The van der Waals surface area contributed by atoms with Crippen molar-refractivity contribution in [2.75, 3.05) is 30.5 Å². The van der Waals surface area contributed by atoms with Gasteiger partial charge in [-0.3, -0.25) is 19.7 Å². The van der Waals surface area contributed by atoms with Gasteiger partial charge in [0.25, 0.3) is 17.7 Å². The fourth-order valence-electron chi connectivity index (χ4n) is 3.74. The Bertz CT molecular complexity index is 1470. The third kappa shape index (κ3) is 6.44. The summed E-state index contributed by atoms with van der Waals surface area (Å²) in [6.45, 7) is 2.06. The summed E-state index contributed by atoms with van der Waals surface area (Å²) in [7, 11) is 1.44. The standard InChI is InChI=1S/C29H26FN3O7/c1-3-14-39-24-13-10-19(16-25(24)38-2)33-28(36)21(27(35)32-29(33)37)15-18-8-11-20(12-9-18)40-17-26(34)31-23-7-5-4-6-22(23)30/h4-13,15-16H,3,14,17H2,1-2H3,(H,31,34)(H,32,35,37)/b21-15-. The molecule has 10 nitrogen and oxygen atoms in total. The molecule has 11 heteroatoms. The lowest BCUT2D eigenvalue weighted by Gasteiger charge is -2.27. The van der Waals surface area contributed by atoms with Gasteiger partial charge < -0.3 is 19.5 Å². The number of carbonyl (C=O) groups excluding carboxylic acids is 4. The van der Waals surface area contributed by atoms with E-state index in [-0.39, 0.29) is 23.6 Å². The van der Waals surface area contributed by atoms with Crippen molar-refractivity contribution in [2.45, 2.75) is 13.3 Å². The second-order valence-corrected chi connectivity index (χ2v) is 8.53. The fourth-order valence-corrected chi connectivity index (χ4v) is 3.74. The minimum absolute atomic E-state index is 0.0419. The van der Waals surface area contributed by atoms with Gasteiger partial charge in [-0.25, -0.2) is 14.1 Å².